The SMILES string of the molecule is COc1ccc(C(=O)[C@@H](C)OC(=O)c2ccc(OC[C@H]3CCCO3)cc2)cc1. The molecule has 0 bridgehead atoms. The van der Waals surface area contributed by atoms with Crippen LogP contribution in [0.25, 0.3) is 0 Å². The van der Waals surface area contributed by atoms with Crippen molar-refractivity contribution >= 4 is 11.8 Å². The third-order valence-electron chi connectivity index (χ3n) is 4.58. The van der Waals surface area contributed by atoms with Crippen LogP contribution < -0.4 is 9.47 Å². The number of ether oxygens (including phenoxy) is 4. The number of ketones is 1. The summed E-state index contributed by atoms with van der Waals surface area (Å²) in [6.07, 6.45) is 1.31. The van der Waals surface area contributed by atoms with E-state index in [-0.39, 0.29) is 11.9 Å². The molecule has 1 heterocycles. The van der Waals surface area contributed by atoms with E-state index in [1.54, 1.807) is 62.6 Å². The van der Waals surface area contributed by atoms with Crippen LogP contribution in [0.1, 0.15) is 40.5 Å². The molecule has 3 rings (SSSR count). The number of hydrogen-bond donors (Lipinski definition) is 0. The molecule has 2 aromatic rings. The van der Waals surface area contributed by atoms with Gasteiger partial charge in [-0.25, -0.2) is 4.79 Å². The molecule has 2 atom stereocenters. The van der Waals surface area contributed by atoms with Crippen molar-refractivity contribution < 1.29 is 28.5 Å². The topological polar surface area (TPSA) is 71.1 Å². The lowest BCUT2D eigenvalue weighted by molar-refractivity contribution is 0.0318. The number of methoxy groups -OCH3 is 1. The number of benzene rings is 2. The van der Waals surface area contributed by atoms with E-state index in [2.05, 4.69) is 0 Å². The van der Waals surface area contributed by atoms with Gasteiger partial charge in [-0.15, -0.1) is 0 Å². The molecule has 1 fully saturated rings. The quantitative estimate of drug-likeness (QED) is 0.511. The normalized spacial score (nSPS) is 17.0. The molecule has 1 aliphatic rings. The summed E-state index contributed by atoms with van der Waals surface area (Å²) < 4.78 is 21.6. The molecule has 1 saturated heterocycles. The molecule has 0 amide bonds. The van der Waals surface area contributed by atoms with Gasteiger partial charge in [0, 0.05) is 12.2 Å². The van der Waals surface area contributed by atoms with Gasteiger partial charge < -0.3 is 18.9 Å². The molecular weight excluding hydrogens is 360 g/mol. The zero-order valence-corrected chi connectivity index (χ0v) is 16.1. The van der Waals surface area contributed by atoms with E-state index < -0.39 is 12.1 Å². The first-order valence-electron chi connectivity index (χ1n) is 9.30. The van der Waals surface area contributed by atoms with Crippen molar-refractivity contribution in [1.82, 2.24) is 0 Å². The van der Waals surface area contributed by atoms with Crippen molar-refractivity contribution in [3.05, 3.63) is 59.7 Å². The van der Waals surface area contributed by atoms with Gasteiger partial charge in [0.05, 0.1) is 18.8 Å². The zero-order chi connectivity index (χ0) is 19.9. The van der Waals surface area contributed by atoms with E-state index in [0.717, 1.165) is 19.4 Å². The summed E-state index contributed by atoms with van der Waals surface area (Å²) in [6.45, 7) is 2.84. The minimum Gasteiger partial charge on any atom is -0.497 e. The minimum absolute atomic E-state index is 0.134. The van der Waals surface area contributed by atoms with Crippen molar-refractivity contribution in [2.24, 2.45) is 0 Å². The number of carbonyl (C=O) groups is 2. The lowest BCUT2D eigenvalue weighted by Gasteiger charge is -2.14. The first-order valence-corrected chi connectivity index (χ1v) is 9.30. The highest BCUT2D eigenvalue weighted by Crippen LogP contribution is 2.18. The lowest BCUT2D eigenvalue weighted by atomic mass is 10.1. The van der Waals surface area contributed by atoms with Gasteiger partial charge in [-0.2, -0.15) is 0 Å². The second-order valence-corrected chi connectivity index (χ2v) is 6.61. The van der Waals surface area contributed by atoms with E-state index in [9.17, 15) is 9.59 Å². The summed E-state index contributed by atoms with van der Waals surface area (Å²) >= 11 is 0. The fourth-order valence-electron chi connectivity index (χ4n) is 2.92. The highest BCUT2D eigenvalue weighted by molar-refractivity contribution is 6.01. The van der Waals surface area contributed by atoms with E-state index in [4.69, 9.17) is 18.9 Å². The average molecular weight is 384 g/mol. The van der Waals surface area contributed by atoms with Crippen LogP contribution in [0.5, 0.6) is 11.5 Å². The molecule has 0 saturated carbocycles. The summed E-state index contributed by atoms with van der Waals surface area (Å²) in [5, 5.41) is 0. The van der Waals surface area contributed by atoms with Gasteiger partial charge in [-0.05, 0) is 68.3 Å². The maximum absolute atomic E-state index is 12.4. The Morgan fingerprint density at radius 1 is 1.04 bits per heavy atom. The van der Waals surface area contributed by atoms with Crippen LogP contribution in [0.4, 0.5) is 0 Å². The Kier molecular flexibility index (Phi) is 6.66. The molecule has 0 radical (unpaired) electrons. The Labute approximate surface area is 164 Å². The molecule has 0 N–H and O–H groups in total. The van der Waals surface area contributed by atoms with E-state index in [1.165, 1.54) is 0 Å². The Morgan fingerprint density at radius 3 is 2.29 bits per heavy atom. The van der Waals surface area contributed by atoms with Crippen molar-refractivity contribution in [3.8, 4) is 11.5 Å². The van der Waals surface area contributed by atoms with Crippen LogP contribution in [0, 0.1) is 0 Å². The second kappa shape index (κ2) is 9.37. The van der Waals surface area contributed by atoms with Gasteiger partial charge in [0.15, 0.2) is 6.10 Å². The second-order valence-electron chi connectivity index (χ2n) is 6.61. The van der Waals surface area contributed by atoms with E-state index >= 15 is 0 Å². The van der Waals surface area contributed by atoms with Gasteiger partial charge in [-0.3, -0.25) is 4.79 Å². The lowest BCUT2D eigenvalue weighted by Crippen LogP contribution is -2.24. The number of carbonyl (C=O) groups excluding carboxylic acids is 2. The summed E-state index contributed by atoms with van der Waals surface area (Å²) in [7, 11) is 1.56. The monoisotopic (exact) mass is 384 g/mol. The summed E-state index contributed by atoms with van der Waals surface area (Å²) in [6, 6.07) is 13.3. The maximum atomic E-state index is 12.4. The van der Waals surface area contributed by atoms with Crippen LogP contribution in [0.3, 0.4) is 0 Å². The number of rotatable bonds is 8. The predicted molar refractivity (Wildman–Crippen MR) is 103 cm³/mol. The van der Waals surface area contributed by atoms with E-state index in [1.807, 2.05) is 0 Å². The maximum Gasteiger partial charge on any atom is 0.338 e. The smallest absolute Gasteiger partial charge is 0.338 e. The molecule has 0 spiro atoms. The highest BCUT2D eigenvalue weighted by atomic mass is 16.5. The third-order valence-corrected chi connectivity index (χ3v) is 4.58. The Hall–Kier alpha value is -2.86. The van der Waals surface area contributed by atoms with Crippen molar-refractivity contribution in [2.75, 3.05) is 20.3 Å². The fourth-order valence-corrected chi connectivity index (χ4v) is 2.92. The Balaban J connectivity index is 1.53. The number of hydrogen-bond acceptors (Lipinski definition) is 6. The summed E-state index contributed by atoms with van der Waals surface area (Å²) in [5.74, 6) is 0.491. The van der Waals surface area contributed by atoms with Crippen LogP contribution in [0.15, 0.2) is 48.5 Å². The van der Waals surface area contributed by atoms with Crippen LogP contribution in [-0.2, 0) is 9.47 Å². The molecule has 28 heavy (non-hydrogen) atoms. The first kappa shape index (κ1) is 19.9. The van der Waals surface area contributed by atoms with Crippen LogP contribution in [-0.4, -0.2) is 44.3 Å². The van der Waals surface area contributed by atoms with Gasteiger partial charge in [-0.1, -0.05) is 0 Å². The molecule has 1 aliphatic heterocycles. The van der Waals surface area contributed by atoms with Gasteiger partial charge >= 0.3 is 5.97 Å². The first-order chi connectivity index (χ1) is 13.6. The molecule has 0 unspecified atom stereocenters. The predicted octanol–water partition coefficient (Wildman–Crippen LogP) is 3.68. The van der Waals surface area contributed by atoms with Crippen LogP contribution in [0.2, 0.25) is 0 Å². The Bertz CT molecular complexity index is 791. The van der Waals surface area contributed by atoms with Crippen molar-refractivity contribution in [3.63, 3.8) is 0 Å². The van der Waals surface area contributed by atoms with Gasteiger partial charge in [0.25, 0.3) is 0 Å². The molecule has 6 heteroatoms. The largest absolute Gasteiger partial charge is 0.497 e. The van der Waals surface area contributed by atoms with Gasteiger partial charge in [0.1, 0.15) is 18.1 Å². The minimum atomic E-state index is -0.892. The van der Waals surface area contributed by atoms with Gasteiger partial charge in [0.2, 0.25) is 5.78 Å². The van der Waals surface area contributed by atoms with E-state index in [0.29, 0.717) is 29.2 Å². The Morgan fingerprint density at radius 2 is 1.68 bits per heavy atom. The molecule has 0 aromatic heterocycles. The molecule has 0 aliphatic carbocycles. The third kappa shape index (κ3) is 5.10. The summed E-state index contributed by atoms with van der Waals surface area (Å²) in [5.41, 5.74) is 0.817. The molecular formula is C22H24O6. The van der Waals surface area contributed by atoms with Crippen molar-refractivity contribution in [2.45, 2.75) is 32.0 Å². The highest BCUT2D eigenvalue weighted by Gasteiger charge is 2.21. The van der Waals surface area contributed by atoms with Crippen LogP contribution >= 0.6 is 0 Å². The summed E-state index contributed by atoms with van der Waals surface area (Å²) in [4.78, 5) is 24.7. The standard InChI is InChI=1S/C22H24O6/c1-15(21(23)16-5-9-18(25-2)10-6-16)28-22(24)17-7-11-19(12-8-17)27-14-20-4-3-13-26-20/h5-12,15,20H,3-4,13-14H2,1-2H3/t15-,20-/m1/s1. The fraction of sp³-hybridized carbons (Fsp3) is 0.364. The zero-order valence-electron chi connectivity index (χ0n) is 16.1. The number of esters is 1. The average Bonchev–Trinajstić information content (AvgIpc) is 3.25. The molecule has 2 aromatic carbocycles. The molecule has 6 nitrogen and oxygen atoms in total. The molecule has 148 valence electrons. The van der Waals surface area contributed by atoms with Crippen molar-refractivity contribution in [1.29, 1.82) is 0 Å². The number of Topliss-reactive ketones (excluding diaryl/α,β-unsaturated/α-hetero) is 1.